The molecule has 3 heterocycles. The lowest BCUT2D eigenvalue weighted by Gasteiger charge is -2.21. The minimum atomic E-state index is -0.383. The van der Waals surface area contributed by atoms with E-state index in [1.54, 1.807) is 6.20 Å². The summed E-state index contributed by atoms with van der Waals surface area (Å²) < 4.78 is 5.99. The van der Waals surface area contributed by atoms with E-state index in [1.807, 2.05) is 61.5 Å². The fourth-order valence-corrected chi connectivity index (χ4v) is 4.85. The van der Waals surface area contributed by atoms with E-state index >= 15 is 0 Å². The second kappa shape index (κ2) is 7.69. The summed E-state index contributed by atoms with van der Waals surface area (Å²) in [5, 5.41) is 4.28. The van der Waals surface area contributed by atoms with Crippen molar-refractivity contribution in [2.45, 2.75) is 13.3 Å². The Morgan fingerprint density at radius 3 is 2.76 bits per heavy atom. The third-order valence-electron chi connectivity index (χ3n) is 6.88. The molecule has 34 heavy (non-hydrogen) atoms. The maximum Gasteiger partial charge on any atom is 0.225 e. The summed E-state index contributed by atoms with van der Waals surface area (Å²) in [7, 11) is 0. The van der Waals surface area contributed by atoms with E-state index < -0.39 is 0 Å². The van der Waals surface area contributed by atoms with Gasteiger partial charge in [0.05, 0.1) is 17.1 Å². The van der Waals surface area contributed by atoms with Crippen LogP contribution < -0.4 is 20.7 Å². The van der Waals surface area contributed by atoms with Gasteiger partial charge in [0, 0.05) is 24.2 Å². The highest BCUT2D eigenvalue weighted by atomic mass is 16.5. The predicted molar refractivity (Wildman–Crippen MR) is 130 cm³/mol. The minimum absolute atomic E-state index is 0.207. The largest absolute Gasteiger partial charge is 0.457 e. The normalized spacial score (nSPS) is 20.7. The van der Waals surface area contributed by atoms with Gasteiger partial charge >= 0.3 is 0 Å². The van der Waals surface area contributed by atoms with Gasteiger partial charge in [-0.1, -0.05) is 18.2 Å². The number of nitrogens with one attached hydrogen (secondary N) is 1. The summed E-state index contributed by atoms with van der Waals surface area (Å²) in [4.78, 5) is 27.5. The smallest absolute Gasteiger partial charge is 0.225 e. The fourth-order valence-electron chi connectivity index (χ4n) is 4.85. The first-order chi connectivity index (χ1) is 16.5. The zero-order valence-corrected chi connectivity index (χ0v) is 18.7. The minimum Gasteiger partial charge on any atom is -0.457 e. The first kappa shape index (κ1) is 20.4. The van der Waals surface area contributed by atoms with Crippen molar-refractivity contribution in [1.82, 2.24) is 15.0 Å². The first-order valence-corrected chi connectivity index (χ1v) is 11.3. The Bertz CT molecular complexity index is 1410. The molecule has 1 aliphatic heterocycles. The highest BCUT2D eigenvalue weighted by Gasteiger charge is 2.64. The topological polar surface area (TPSA) is 106 Å². The number of amides is 1. The lowest BCUT2D eigenvalue weighted by molar-refractivity contribution is -0.122. The third-order valence-corrected chi connectivity index (χ3v) is 6.88. The molecule has 2 aromatic carbocycles. The van der Waals surface area contributed by atoms with Crippen LogP contribution in [0.3, 0.4) is 0 Å². The van der Waals surface area contributed by atoms with Crippen LogP contribution >= 0.6 is 0 Å². The molecule has 1 aliphatic carbocycles. The molecule has 2 fully saturated rings. The van der Waals surface area contributed by atoms with Crippen molar-refractivity contribution < 1.29 is 9.53 Å². The molecule has 0 bridgehead atoms. The molecule has 0 spiro atoms. The van der Waals surface area contributed by atoms with Gasteiger partial charge in [-0.2, -0.15) is 0 Å². The SMILES string of the molecule is Cc1cc(Nc2ncnc3cnc(N4CC5CC5(C(N)=O)C4)cc23)ccc1Oc1ccccc1. The standard InChI is InChI=1S/C26H24N6O2/c1-16-9-18(7-8-22(16)34-19-5-3-2-4-6-19)31-24-20-10-23(28-12-21(20)29-15-30-24)32-13-17-11-26(17,14-32)25(27)33/h2-10,12,15,17H,11,13-14H2,1H3,(H2,27,33)(H,29,30,31). The van der Waals surface area contributed by atoms with Crippen molar-refractivity contribution in [3.05, 3.63) is 72.7 Å². The monoisotopic (exact) mass is 452 g/mol. The van der Waals surface area contributed by atoms with Gasteiger partial charge in [0.1, 0.15) is 29.5 Å². The number of benzene rings is 2. The highest BCUT2D eigenvalue weighted by Crippen LogP contribution is 2.58. The van der Waals surface area contributed by atoms with Gasteiger partial charge in [0.25, 0.3) is 0 Å². The number of ether oxygens (including phenoxy) is 1. The molecule has 3 N–H and O–H groups in total. The summed E-state index contributed by atoms with van der Waals surface area (Å²) in [6.45, 7) is 3.42. The average Bonchev–Trinajstić information content (AvgIpc) is 3.42. The Kier molecular flexibility index (Phi) is 4.62. The quantitative estimate of drug-likeness (QED) is 0.452. The molecule has 1 amide bonds. The number of carbonyl (C=O) groups is 1. The number of anilines is 3. The number of nitrogens with two attached hydrogens (primary N) is 1. The predicted octanol–water partition coefficient (Wildman–Crippen LogP) is 4.18. The Morgan fingerprint density at radius 1 is 1.15 bits per heavy atom. The molecule has 0 radical (unpaired) electrons. The lowest BCUT2D eigenvalue weighted by atomic mass is 10.1. The molecule has 8 heteroatoms. The molecule has 170 valence electrons. The van der Waals surface area contributed by atoms with E-state index in [1.165, 1.54) is 6.33 Å². The van der Waals surface area contributed by atoms with Gasteiger partial charge in [-0.3, -0.25) is 4.79 Å². The fraction of sp³-hybridized carbons (Fsp3) is 0.231. The number of fused-ring (bicyclic) bond motifs is 2. The van der Waals surface area contributed by atoms with Crippen LogP contribution in [-0.4, -0.2) is 33.9 Å². The number of carbonyl (C=O) groups excluding carboxylic acids is 1. The van der Waals surface area contributed by atoms with Crippen LogP contribution in [0.25, 0.3) is 10.9 Å². The number of primary amides is 1. The zero-order chi connectivity index (χ0) is 23.3. The second-order valence-electron chi connectivity index (χ2n) is 9.10. The lowest BCUT2D eigenvalue weighted by Crippen LogP contribution is -2.33. The number of para-hydroxylation sites is 1. The van der Waals surface area contributed by atoms with E-state index in [0.29, 0.717) is 18.3 Å². The number of aryl methyl sites for hydroxylation is 1. The first-order valence-electron chi connectivity index (χ1n) is 11.3. The van der Waals surface area contributed by atoms with Crippen LogP contribution in [0.5, 0.6) is 11.5 Å². The van der Waals surface area contributed by atoms with Gasteiger partial charge in [-0.15, -0.1) is 0 Å². The molecule has 2 unspecified atom stereocenters. The van der Waals surface area contributed by atoms with Crippen LogP contribution in [-0.2, 0) is 4.79 Å². The van der Waals surface area contributed by atoms with Gasteiger partial charge in [0.15, 0.2) is 0 Å². The van der Waals surface area contributed by atoms with Crippen LogP contribution in [0.4, 0.5) is 17.3 Å². The molecule has 6 rings (SSSR count). The van der Waals surface area contributed by atoms with Crippen LogP contribution in [0.2, 0.25) is 0 Å². The molecule has 8 nitrogen and oxygen atoms in total. The summed E-state index contributed by atoms with van der Waals surface area (Å²) in [5.74, 6) is 3.21. The van der Waals surface area contributed by atoms with Gasteiger partial charge in [-0.25, -0.2) is 15.0 Å². The van der Waals surface area contributed by atoms with E-state index in [0.717, 1.165) is 52.4 Å². The maximum absolute atomic E-state index is 11.9. The van der Waals surface area contributed by atoms with Crippen molar-refractivity contribution in [2.24, 2.45) is 17.1 Å². The van der Waals surface area contributed by atoms with E-state index in [-0.39, 0.29) is 11.3 Å². The number of rotatable bonds is 6. The Morgan fingerprint density at radius 2 is 2.00 bits per heavy atom. The van der Waals surface area contributed by atoms with Gasteiger partial charge < -0.3 is 20.7 Å². The molecule has 4 aromatic rings. The van der Waals surface area contributed by atoms with E-state index in [9.17, 15) is 4.79 Å². The van der Waals surface area contributed by atoms with E-state index in [4.69, 9.17) is 10.5 Å². The number of nitrogens with zero attached hydrogens (tertiary/aromatic N) is 4. The summed E-state index contributed by atoms with van der Waals surface area (Å²) in [6.07, 6.45) is 4.16. The summed E-state index contributed by atoms with van der Waals surface area (Å²) in [5.41, 5.74) is 7.92. The molecular weight excluding hydrogens is 428 g/mol. The Hall–Kier alpha value is -4.20. The van der Waals surface area contributed by atoms with Crippen LogP contribution in [0.1, 0.15) is 12.0 Å². The maximum atomic E-state index is 11.9. The third kappa shape index (κ3) is 3.48. The van der Waals surface area contributed by atoms with E-state index in [2.05, 4.69) is 25.2 Å². The number of pyridine rings is 1. The Balaban J connectivity index is 1.26. The number of hydrogen-bond acceptors (Lipinski definition) is 7. The summed E-state index contributed by atoms with van der Waals surface area (Å²) in [6, 6.07) is 17.6. The molecule has 1 saturated heterocycles. The van der Waals surface area contributed by atoms with Gasteiger partial charge in [0.2, 0.25) is 5.91 Å². The molecule has 1 saturated carbocycles. The molecule has 2 aromatic heterocycles. The number of hydrogen-bond donors (Lipinski definition) is 2. The van der Waals surface area contributed by atoms with Crippen molar-refractivity contribution in [1.29, 1.82) is 0 Å². The molecule has 2 atom stereocenters. The van der Waals surface area contributed by atoms with Gasteiger partial charge in [-0.05, 0) is 61.2 Å². The second-order valence-corrected chi connectivity index (χ2v) is 9.10. The van der Waals surface area contributed by atoms with Crippen molar-refractivity contribution >= 4 is 34.1 Å². The average molecular weight is 453 g/mol. The summed E-state index contributed by atoms with van der Waals surface area (Å²) >= 11 is 0. The van der Waals surface area contributed by atoms with Crippen molar-refractivity contribution in [3.8, 4) is 11.5 Å². The Labute approximate surface area is 196 Å². The number of aromatic nitrogens is 3. The van der Waals surface area contributed by atoms with Crippen molar-refractivity contribution in [2.75, 3.05) is 23.3 Å². The van der Waals surface area contributed by atoms with Crippen LogP contribution in [0, 0.1) is 18.3 Å². The van der Waals surface area contributed by atoms with Crippen LogP contribution in [0.15, 0.2) is 67.1 Å². The number of piperidine rings is 1. The highest BCUT2D eigenvalue weighted by molar-refractivity contribution is 5.92. The molecular formula is C26H24N6O2. The zero-order valence-electron chi connectivity index (χ0n) is 18.7. The van der Waals surface area contributed by atoms with Crippen molar-refractivity contribution in [3.63, 3.8) is 0 Å². The molecule has 2 aliphatic rings.